The Morgan fingerprint density at radius 1 is 1.11 bits per heavy atom. The zero-order valence-electron chi connectivity index (χ0n) is 17.0. The number of methoxy groups -OCH3 is 3. The summed E-state index contributed by atoms with van der Waals surface area (Å²) in [6, 6.07) is 5.29. The van der Waals surface area contributed by atoms with Crippen molar-refractivity contribution < 1.29 is 23.8 Å². The molecule has 0 aliphatic heterocycles. The van der Waals surface area contributed by atoms with Gasteiger partial charge < -0.3 is 19.1 Å². The van der Waals surface area contributed by atoms with Crippen LogP contribution < -0.4 is 9.47 Å². The van der Waals surface area contributed by atoms with Gasteiger partial charge in [0.15, 0.2) is 11.5 Å². The molecule has 6 heteroatoms. The molecule has 3 unspecified atom stereocenters. The van der Waals surface area contributed by atoms with Crippen LogP contribution in [0, 0.1) is 11.8 Å². The summed E-state index contributed by atoms with van der Waals surface area (Å²) in [7, 11) is 4.49. The summed E-state index contributed by atoms with van der Waals surface area (Å²) in [5, 5.41) is 0. The zero-order valence-corrected chi connectivity index (χ0v) is 17.0. The summed E-state index contributed by atoms with van der Waals surface area (Å²) in [5.74, 6) is 0.713. The molecule has 27 heavy (non-hydrogen) atoms. The average Bonchev–Trinajstić information content (AvgIpc) is 2.70. The van der Waals surface area contributed by atoms with Gasteiger partial charge in [0.05, 0.1) is 27.2 Å². The summed E-state index contributed by atoms with van der Waals surface area (Å²) in [6.07, 6.45) is 4.32. The van der Waals surface area contributed by atoms with Gasteiger partial charge in [0.2, 0.25) is 0 Å². The fourth-order valence-corrected chi connectivity index (χ4v) is 3.83. The maximum Gasteiger partial charge on any atom is 0.310 e. The van der Waals surface area contributed by atoms with Gasteiger partial charge in [0.25, 0.3) is 5.91 Å². The molecule has 1 amide bonds. The Kier molecular flexibility index (Phi) is 7.51. The van der Waals surface area contributed by atoms with Crippen molar-refractivity contribution in [1.82, 2.24) is 4.90 Å². The van der Waals surface area contributed by atoms with Gasteiger partial charge in [-0.25, -0.2) is 0 Å². The summed E-state index contributed by atoms with van der Waals surface area (Å²) in [6.45, 7) is 4.32. The van der Waals surface area contributed by atoms with Crippen molar-refractivity contribution in [3.8, 4) is 11.5 Å². The molecule has 3 atom stereocenters. The highest BCUT2D eigenvalue weighted by Crippen LogP contribution is 2.32. The SMILES string of the molecule is COC(=O)C(C)CN(C(=O)c1ccc(OC)c(OC)c1)C1CCCCC1C. The highest BCUT2D eigenvalue weighted by molar-refractivity contribution is 5.95. The number of carbonyl (C=O) groups excluding carboxylic acids is 2. The van der Waals surface area contributed by atoms with E-state index in [0.29, 0.717) is 29.5 Å². The number of carbonyl (C=O) groups is 2. The number of rotatable bonds is 7. The third-order valence-electron chi connectivity index (χ3n) is 5.43. The van der Waals surface area contributed by atoms with Crippen molar-refractivity contribution in [2.45, 2.75) is 45.6 Å². The molecule has 1 aliphatic rings. The predicted octanol–water partition coefficient (Wildman–Crippen LogP) is 3.53. The molecular formula is C21H31NO5. The van der Waals surface area contributed by atoms with Crippen molar-refractivity contribution in [2.24, 2.45) is 11.8 Å². The number of benzene rings is 1. The molecule has 0 aromatic heterocycles. The van der Waals surface area contributed by atoms with E-state index in [1.807, 2.05) is 4.90 Å². The monoisotopic (exact) mass is 377 g/mol. The lowest BCUT2D eigenvalue weighted by atomic mass is 9.84. The van der Waals surface area contributed by atoms with E-state index in [9.17, 15) is 9.59 Å². The second-order valence-corrected chi connectivity index (χ2v) is 7.28. The van der Waals surface area contributed by atoms with Crippen molar-refractivity contribution in [1.29, 1.82) is 0 Å². The summed E-state index contributed by atoms with van der Waals surface area (Å²) in [4.78, 5) is 27.2. The van der Waals surface area contributed by atoms with Crippen molar-refractivity contribution in [2.75, 3.05) is 27.9 Å². The Morgan fingerprint density at radius 2 is 1.78 bits per heavy atom. The van der Waals surface area contributed by atoms with Gasteiger partial charge in [0, 0.05) is 18.2 Å². The first-order valence-electron chi connectivity index (χ1n) is 9.53. The quantitative estimate of drug-likeness (QED) is 0.680. The molecule has 0 spiro atoms. The molecule has 1 aliphatic carbocycles. The van der Waals surface area contributed by atoms with E-state index in [2.05, 4.69) is 6.92 Å². The standard InChI is InChI=1S/C21H31NO5/c1-14-8-6-7-9-17(14)22(13-15(2)21(24)27-5)20(23)16-10-11-18(25-3)19(12-16)26-4/h10-12,14-15,17H,6-9,13H2,1-5H3. The maximum absolute atomic E-state index is 13.4. The summed E-state index contributed by atoms with van der Waals surface area (Å²) in [5.41, 5.74) is 0.530. The first-order chi connectivity index (χ1) is 12.9. The summed E-state index contributed by atoms with van der Waals surface area (Å²) >= 11 is 0. The van der Waals surface area contributed by atoms with Crippen molar-refractivity contribution in [3.63, 3.8) is 0 Å². The molecule has 0 heterocycles. The minimum atomic E-state index is -0.381. The van der Waals surface area contributed by atoms with Gasteiger partial charge in [-0.1, -0.05) is 26.7 Å². The Balaban J connectivity index is 2.33. The zero-order chi connectivity index (χ0) is 20.0. The van der Waals surface area contributed by atoms with Crippen LogP contribution in [-0.4, -0.2) is 50.7 Å². The number of hydrogen-bond acceptors (Lipinski definition) is 5. The first kappa shape index (κ1) is 21.1. The summed E-state index contributed by atoms with van der Waals surface area (Å²) < 4.78 is 15.5. The second-order valence-electron chi connectivity index (χ2n) is 7.28. The van der Waals surface area contributed by atoms with Crippen LogP contribution >= 0.6 is 0 Å². The van der Waals surface area contributed by atoms with Gasteiger partial charge in [-0.05, 0) is 37.0 Å². The maximum atomic E-state index is 13.4. The van der Waals surface area contributed by atoms with Gasteiger partial charge in [-0.2, -0.15) is 0 Å². The third kappa shape index (κ3) is 4.93. The third-order valence-corrected chi connectivity index (χ3v) is 5.43. The number of nitrogens with zero attached hydrogens (tertiary/aromatic N) is 1. The topological polar surface area (TPSA) is 65.1 Å². The molecule has 1 aromatic carbocycles. The number of amides is 1. The molecule has 6 nitrogen and oxygen atoms in total. The Morgan fingerprint density at radius 3 is 2.37 bits per heavy atom. The van der Waals surface area contributed by atoms with E-state index in [1.54, 1.807) is 39.3 Å². The molecule has 0 radical (unpaired) electrons. The molecule has 0 N–H and O–H groups in total. The lowest BCUT2D eigenvalue weighted by molar-refractivity contribution is -0.145. The molecule has 0 bridgehead atoms. The van der Waals surface area contributed by atoms with Crippen LogP contribution in [-0.2, 0) is 9.53 Å². The Bertz CT molecular complexity index is 660. The average molecular weight is 377 g/mol. The Hall–Kier alpha value is -2.24. The molecule has 150 valence electrons. The second kappa shape index (κ2) is 9.62. The number of ether oxygens (including phenoxy) is 3. The molecule has 1 saturated carbocycles. The van der Waals surface area contributed by atoms with Gasteiger partial charge >= 0.3 is 5.97 Å². The normalized spacial score (nSPS) is 20.5. The molecule has 2 rings (SSSR count). The van der Waals surface area contributed by atoms with Crippen molar-refractivity contribution in [3.05, 3.63) is 23.8 Å². The van der Waals surface area contributed by atoms with E-state index < -0.39 is 0 Å². The van der Waals surface area contributed by atoms with E-state index in [4.69, 9.17) is 14.2 Å². The van der Waals surface area contributed by atoms with E-state index >= 15 is 0 Å². The van der Waals surface area contributed by atoms with Crippen LogP contribution in [0.2, 0.25) is 0 Å². The number of esters is 1. The molecule has 1 aromatic rings. The fourth-order valence-electron chi connectivity index (χ4n) is 3.83. The molecule has 0 saturated heterocycles. The smallest absolute Gasteiger partial charge is 0.310 e. The number of hydrogen-bond donors (Lipinski definition) is 0. The van der Waals surface area contributed by atoms with Crippen molar-refractivity contribution >= 4 is 11.9 Å². The van der Waals surface area contributed by atoms with Gasteiger partial charge in [0.1, 0.15) is 0 Å². The minimum Gasteiger partial charge on any atom is -0.493 e. The lowest BCUT2D eigenvalue weighted by Gasteiger charge is -2.39. The van der Waals surface area contributed by atoms with E-state index in [1.165, 1.54) is 13.5 Å². The van der Waals surface area contributed by atoms with Gasteiger partial charge in [-0.3, -0.25) is 9.59 Å². The van der Waals surface area contributed by atoms with Gasteiger partial charge in [-0.15, -0.1) is 0 Å². The van der Waals surface area contributed by atoms with Crippen LogP contribution in [0.3, 0.4) is 0 Å². The first-order valence-corrected chi connectivity index (χ1v) is 9.53. The highest BCUT2D eigenvalue weighted by Gasteiger charge is 2.33. The van der Waals surface area contributed by atoms with E-state index in [0.717, 1.165) is 19.3 Å². The predicted molar refractivity (Wildman–Crippen MR) is 103 cm³/mol. The van der Waals surface area contributed by atoms with E-state index in [-0.39, 0.29) is 23.8 Å². The lowest BCUT2D eigenvalue weighted by Crippen LogP contribution is -2.48. The largest absolute Gasteiger partial charge is 0.493 e. The minimum absolute atomic E-state index is 0.0922. The van der Waals surface area contributed by atoms with Crippen LogP contribution in [0.25, 0.3) is 0 Å². The van der Waals surface area contributed by atoms with Crippen LogP contribution in [0.4, 0.5) is 0 Å². The fraction of sp³-hybridized carbons (Fsp3) is 0.619. The van der Waals surface area contributed by atoms with Crippen LogP contribution in [0.1, 0.15) is 49.9 Å². The molecular weight excluding hydrogens is 346 g/mol. The van der Waals surface area contributed by atoms with Crippen LogP contribution in [0.5, 0.6) is 11.5 Å². The van der Waals surface area contributed by atoms with Crippen LogP contribution in [0.15, 0.2) is 18.2 Å². The molecule has 1 fully saturated rings. The Labute approximate surface area is 161 Å². The highest BCUT2D eigenvalue weighted by atomic mass is 16.5.